The van der Waals surface area contributed by atoms with Crippen LogP contribution in [-0.4, -0.2) is 49.1 Å². The van der Waals surface area contributed by atoms with Crippen molar-refractivity contribution in [2.24, 2.45) is 16.2 Å². The molecule has 0 amide bonds. The van der Waals surface area contributed by atoms with E-state index in [-0.39, 0.29) is 43.2 Å². The predicted octanol–water partition coefficient (Wildman–Crippen LogP) is 5.35. The van der Waals surface area contributed by atoms with E-state index in [1.165, 1.54) is 0 Å². The fourth-order valence-corrected chi connectivity index (χ4v) is 5.23. The largest absolute Gasteiger partial charge is 0.465 e. The van der Waals surface area contributed by atoms with Crippen LogP contribution in [0.5, 0.6) is 0 Å². The van der Waals surface area contributed by atoms with E-state index in [1.807, 2.05) is 39.8 Å². The Labute approximate surface area is 214 Å². The van der Waals surface area contributed by atoms with Crippen molar-refractivity contribution in [1.82, 2.24) is 0 Å². The van der Waals surface area contributed by atoms with Gasteiger partial charge in [0.25, 0.3) is 0 Å². The molecule has 1 heterocycles. The second kappa shape index (κ2) is 10.5. The molecule has 0 aromatic heterocycles. The van der Waals surface area contributed by atoms with Crippen LogP contribution in [0.4, 0.5) is 0 Å². The average molecular weight is 509 g/mol. The molecule has 1 aromatic rings. The van der Waals surface area contributed by atoms with Crippen LogP contribution in [0.1, 0.15) is 76.5 Å². The molecule has 3 rings (SSSR count). The van der Waals surface area contributed by atoms with Crippen LogP contribution < -0.4 is 0 Å². The van der Waals surface area contributed by atoms with Gasteiger partial charge in [-0.05, 0) is 55.5 Å². The quantitative estimate of drug-likeness (QED) is 0.477. The van der Waals surface area contributed by atoms with Crippen LogP contribution in [0.25, 0.3) is 0 Å². The summed E-state index contributed by atoms with van der Waals surface area (Å²) in [5.74, 6) is -1.07. The van der Waals surface area contributed by atoms with Crippen molar-refractivity contribution < 1.29 is 28.9 Å². The Hall–Kier alpha value is -1.47. The minimum Gasteiger partial charge on any atom is -0.465 e. The van der Waals surface area contributed by atoms with Gasteiger partial charge < -0.3 is 19.3 Å². The molecule has 1 N–H and O–H groups in total. The van der Waals surface area contributed by atoms with E-state index in [9.17, 15) is 14.7 Å². The Morgan fingerprint density at radius 1 is 1.06 bits per heavy atom. The third-order valence-corrected chi connectivity index (χ3v) is 7.66. The van der Waals surface area contributed by atoms with Gasteiger partial charge in [-0.3, -0.25) is 9.59 Å². The van der Waals surface area contributed by atoms with Crippen LogP contribution in [0.2, 0.25) is 5.02 Å². The van der Waals surface area contributed by atoms with E-state index >= 15 is 0 Å². The number of halogens is 1. The first-order valence-corrected chi connectivity index (χ1v) is 12.9. The minimum absolute atomic E-state index is 0.000505. The van der Waals surface area contributed by atoms with E-state index in [2.05, 4.69) is 13.8 Å². The first-order valence-electron chi connectivity index (χ1n) is 12.5. The number of ketones is 1. The summed E-state index contributed by atoms with van der Waals surface area (Å²) in [6.07, 6.45) is 2.33. The first-order chi connectivity index (χ1) is 16.2. The van der Waals surface area contributed by atoms with Gasteiger partial charge in [0.1, 0.15) is 5.78 Å². The zero-order valence-electron chi connectivity index (χ0n) is 22.1. The second-order valence-electron chi connectivity index (χ2n) is 12.2. The van der Waals surface area contributed by atoms with Crippen molar-refractivity contribution in [1.29, 1.82) is 0 Å². The highest BCUT2D eigenvalue weighted by Crippen LogP contribution is 2.49. The molecule has 196 valence electrons. The number of hydrogen-bond donors (Lipinski definition) is 1. The summed E-state index contributed by atoms with van der Waals surface area (Å²) in [6, 6.07) is 3.73. The molecule has 1 saturated carbocycles. The molecule has 1 aliphatic carbocycles. The fourth-order valence-electron chi connectivity index (χ4n) is 4.90. The number of ether oxygens (including phenoxy) is 3. The van der Waals surface area contributed by atoms with Crippen LogP contribution in [-0.2, 0) is 30.2 Å². The first kappa shape index (κ1) is 28.1. The minimum atomic E-state index is -0.929. The number of aliphatic hydroxyl groups excluding tert-OH is 1. The van der Waals surface area contributed by atoms with Gasteiger partial charge in [0, 0.05) is 41.5 Å². The summed E-state index contributed by atoms with van der Waals surface area (Å²) < 4.78 is 18.0. The second-order valence-corrected chi connectivity index (χ2v) is 12.7. The van der Waals surface area contributed by atoms with Gasteiger partial charge in [0.2, 0.25) is 0 Å². The SMILES string of the molecule is Cc1cc(Cl)cc(C)c1CC(=O)CC1(C(=O)OCC(C)(C)CO)CCC2(CC1)OCC(C)(C)CO2. The maximum atomic E-state index is 13.5. The number of benzene rings is 1. The monoisotopic (exact) mass is 508 g/mol. The number of hydrogen-bond acceptors (Lipinski definition) is 6. The smallest absolute Gasteiger partial charge is 0.312 e. The van der Waals surface area contributed by atoms with Gasteiger partial charge in [-0.2, -0.15) is 0 Å². The maximum absolute atomic E-state index is 13.5. The molecule has 1 aromatic carbocycles. The number of rotatable bonds is 8. The lowest BCUT2D eigenvalue weighted by Gasteiger charge is -2.49. The number of carbonyl (C=O) groups excluding carboxylic acids is 2. The van der Waals surface area contributed by atoms with Crippen molar-refractivity contribution in [3.63, 3.8) is 0 Å². The Balaban J connectivity index is 1.77. The summed E-state index contributed by atoms with van der Waals surface area (Å²) in [4.78, 5) is 26.8. The lowest BCUT2D eigenvalue weighted by molar-refractivity contribution is -0.315. The van der Waals surface area contributed by atoms with E-state index in [0.717, 1.165) is 16.7 Å². The van der Waals surface area contributed by atoms with Gasteiger partial charge in [-0.25, -0.2) is 0 Å². The number of Topliss-reactive ketones (excluding diaryl/α,β-unsaturated/α-hetero) is 1. The topological polar surface area (TPSA) is 82.1 Å². The molecule has 1 spiro atoms. The molecule has 1 saturated heterocycles. The van der Waals surface area contributed by atoms with Crippen molar-refractivity contribution in [3.8, 4) is 0 Å². The summed E-state index contributed by atoms with van der Waals surface area (Å²) in [7, 11) is 0. The Bertz CT molecular complexity index is 908. The van der Waals surface area contributed by atoms with Crippen LogP contribution >= 0.6 is 11.6 Å². The zero-order valence-corrected chi connectivity index (χ0v) is 22.8. The lowest BCUT2D eigenvalue weighted by Crippen LogP contribution is -2.53. The van der Waals surface area contributed by atoms with E-state index in [4.69, 9.17) is 25.8 Å². The summed E-state index contributed by atoms with van der Waals surface area (Å²) in [5, 5.41) is 10.2. The highest BCUT2D eigenvalue weighted by molar-refractivity contribution is 6.30. The predicted molar refractivity (Wildman–Crippen MR) is 135 cm³/mol. The molecular formula is C28H41ClO6. The van der Waals surface area contributed by atoms with Gasteiger partial charge in [-0.1, -0.05) is 39.3 Å². The number of esters is 1. The van der Waals surface area contributed by atoms with Crippen molar-refractivity contribution in [3.05, 3.63) is 33.8 Å². The molecular weight excluding hydrogens is 468 g/mol. The van der Waals surface area contributed by atoms with Gasteiger partial charge in [0.05, 0.1) is 31.8 Å². The van der Waals surface area contributed by atoms with Crippen molar-refractivity contribution >= 4 is 23.4 Å². The zero-order chi connectivity index (χ0) is 26.1. The van der Waals surface area contributed by atoms with Crippen molar-refractivity contribution in [2.75, 3.05) is 26.4 Å². The van der Waals surface area contributed by atoms with E-state index in [1.54, 1.807) is 0 Å². The number of aliphatic hydroxyl groups is 1. The maximum Gasteiger partial charge on any atom is 0.312 e. The Morgan fingerprint density at radius 3 is 2.11 bits per heavy atom. The van der Waals surface area contributed by atoms with Crippen LogP contribution in [0.3, 0.4) is 0 Å². The van der Waals surface area contributed by atoms with E-state index < -0.39 is 16.6 Å². The highest BCUT2D eigenvalue weighted by atomic mass is 35.5. The van der Waals surface area contributed by atoms with Crippen LogP contribution in [0.15, 0.2) is 12.1 Å². The molecule has 35 heavy (non-hydrogen) atoms. The molecule has 2 aliphatic rings. The van der Waals surface area contributed by atoms with E-state index in [0.29, 0.717) is 43.9 Å². The summed E-state index contributed by atoms with van der Waals surface area (Å²) in [5.41, 5.74) is 1.38. The molecule has 0 bridgehead atoms. The molecule has 2 fully saturated rings. The van der Waals surface area contributed by atoms with Gasteiger partial charge >= 0.3 is 5.97 Å². The standard InChI is InChI=1S/C28H41ClO6/c1-19-11-21(29)12-20(2)23(19)13-22(31)14-27(24(32)33-16-25(3,4)15-30)7-9-28(10-8-27)34-17-26(5,6)18-35-28/h11-12,30H,7-10,13-18H2,1-6H3. The summed E-state index contributed by atoms with van der Waals surface area (Å²) >= 11 is 6.16. The molecule has 1 aliphatic heterocycles. The molecule has 7 heteroatoms. The normalized spacial score (nSPS) is 21.0. The highest BCUT2D eigenvalue weighted by Gasteiger charge is 2.52. The lowest BCUT2D eigenvalue weighted by atomic mass is 9.68. The van der Waals surface area contributed by atoms with Crippen molar-refractivity contribution in [2.45, 2.75) is 85.9 Å². The van der Waals surface area contributed by atoms with Crippen LogP contribution in [0, 0.1) is 30.1 Å². The Kier molecular flexibility index (Phi) is 8.42. The third-order valence-electron chi connectivity index (χ3n) is 7.45. The fraction of sp³-hybridized carbons (Fsp3) is 0.714. The molecule has 0 radical (unpaired) electrons. The average Bonchev–Trinajstić information content (AvgIpc) is 2.78. The third kappa shape index (κ3) is 6.85. The number of aryl methyl sites for hydroxylation is 2. The van der Waals surface area contributed by atoms with Gasteiger partial charge in [-0.15, -0.1) is 0 Å². The van der Waals surface area contributed by atoms with Gasteiger partial charge in [0.15, 0.2) is 5.79 Å². The Morgan fingerprint density at radius 2 is 1.60 bits per heavy atom. The summed E-state index contributed by atoms with van der Waals surface area (Å²) in [6.45, 7) is 13.0. The number of carbonyl (C=O) groups is 2. The molecule has 6 nitrogen and oxygen atoms in total. The molecule has 0 unspecified atom stereocenters. The molecule has 0 atom stereocenters.